The van der Waals surface area contributed by atoms with Crippen LogP contribution in [-0.2, 0) is 9.53 Å². The molecule has 1 heterocycles. The lowest BCUT2D eigenvalue weighted by atomic mass is 10.0. The van der Waals surface area contributed by atoms with Crippen LogP contribution in [0.25, 0.3) is 0 Å². The zero-order valence-corrected chi connectivity index (χ0v) is 14.1. The Balaban J connectivity index is 2.13. The number of likely N-dealkylation sites (N-methyl/N-ethyl adjacent to an activating group) is 1. The second-order valence-corrected chi connectivity index (χ2v) is 6.71. The molecular formula is C17H25N3O3. The smallest absolute Gasteiger partial charge is 0.407 e. The Kier molecular flexibility index (Phi) is 5.26. The maximum Gasteiger partial charge on any atom is 0.407 e. The average molecular weight is 319 g/mol. The molecule has 126 valence electrons. The van der Waals surface area contributed by atoms with Gasteiger partial charge in [-0.05, 0) is 32.8 Å². The number of carbonyl (C=O) groups excluding carboxylic acids is 2. The summed E-state index contributed by atoms with van der Waals surface area (Å²) in [5.74, 6) is -0.0839. The number of rotatable bonds is 3. The summed E-state index contributed by atoms with van der Waals surface area (Å²) in [4.78, 5) is 24.0. The lowest BCUT2D eigenvalue weighted by molar-refractivity contribution is -0.122. The Morgan fingerprint density at radius 1 is 1.22 bits per heavy atom. The minimum absolute atomic E-state index is 0.0839. The molecule has 1 saturated heterocycles. The summed E-state index contributed by atoms with van der Waals surface area (Å²) in [7, 11) is 1.61. The van der Waals surface area contributed by atoms with Crippen molar-refractivity contribution in [3.05, 3.63) is 35.9 Å². The van der Waals surface area contributed by atoms with Crippen molar-refractivity contribution in [1.29, 1.82) is 0 Å². The summed E-state index contributed by atoms with van der Waals surface area (Å²) in [5, 5.41) is 8.83. The first-order valence-corrected chi connectivity index (χ1v) is 7.82. The van der Waals surface area contributed by atoms with Gasteiger partial charge in [0.15, 0.2) is 0 Å². The van der Waals surface area contributed by atoms with Gasteiger partial charge in [-0.3, -0.25) is 10.1 Å². The molecule has 1 aromatic rings. The molecule has 3 atom stereocenters. The maximum atomic E-state index is 12.1. The van der Waals surface area contributed by atoms with Crippen LogP contribution in [0.1, 0.15) is 38.8 Å². The molecule has 0 saturated carbocycles. The van der Waals surface area contributed by atoms with Gasteiger partial charge in [-0.15, -0.1) is 0 Å². The minimum Gasteiger partial charge on any atom is -0.444 e. The fourth-order valence-corrected chi connectivity index (χ4v) is 2.74. The third-order valence-electron chi connectivity index (χ3n) is 3.70. The van der Waals surface area contributed by atoms with Gasteiger partial charge in [0.1, 0.15) is 5.60 Å². The zero-order chi connectivity index (χ0) is 17.0. The normalized spacial score (nSPS) is 24.1. The molecule has 0 aromatic heterocycles. The van der Waals surface area contributed by atoms with E-state index in [4.69, 9.17) is 4.74 Å². The van der Waals surface area contributed by atoms with Crippen LogP contribution < -0.4 is 16.0 Å². The van der Waals surface area contributed by atoms with Gasteiger partial charge < -0.3 is 15.4 Å². The summed E-state index contributed by atoms with van der Waals surface area (Å²) in [5.41, 5.74) is 0.471. The molecule has 6 heteroatoms. The van der Waals surface area contributed by atoms with Crippen LogP contribution in [0, 0.1) is 0 Å². The Bertz CT molecular complexity index is 554. The Hall–Kier alpha value is -2.08. The summed E-state index contributed by atoms with van der Waals surface area (Å²) in [6.07, 6.45) is 0.0427. The number of benzene rings is 1. The molecule has 2 amide bonds. The molecule has 0 unspecified atom stereocenters. The highest BCUT2D eigenvalue weighted by atomic mass is 16.6. The van der Waals surface area contributed by atoms with E-state index in [0.717, 1.165) is 5.56 Å². The molecule has 2 rings (SSSR count). The topological polar surface area (TPSA) is 79.5 Å². The number of nitrogens with one attached hydrogen (secondary N) is 3. The Morgan fingerprint density at radius 3 is 2.43 bits per heavy atom. The van der Waals surface area contributed by atoms with Crippen LogP contribution >= 0.6 is 0 Å². The van der Waals surface area contributed by atoms with E-state index in [2.05, 4.69) is 16.0 Å². The maximum absolute atomic E-state index is 12.1. The van der Waals surface area contributed by atoms with Crippen molar-refractivity contribution >= 4 is 12.0 Å². The van der Waals surface area contributed by atoms with E-state index in [9.17, 15) is 9.59 Å². The van der Waals surface area contributed by atoms with Gasteiger partial charge in [0, 0.05) is 7.05 Å². The van der Waals surface area contributed by atoms with Crippen molar-refractivity contribution in [1.82, 2.24) is 16.0 Å². The summed E-state index contributed by atoms with van der Waals surface area (Å²) in [6, 6.07) is 9.08. The minimum atomic E-state index is -0.557. The molecule has 0 spiro atoms. The molecule has 0 bridgehead atoms. The number of alkyl carbamates (subject to hydrolysis) is 1. The van der Waals surface area contributed by atoms with E-state index in [0.29, 0.717) is 6.42 Å². The van der Waals surface area contributed by atoms with Crippen LogP contribution in [0.15, 0.2) is 30.3 Å². The van der Waals surface area contributed by atoms with Crippen LogP contribution in [0.2, 0.25) is 0 Å². The highest BCUT2D eigenvalue weighted by Crippen LogP contribution is 2.27. The van der Waals surface area contributed by atoms with Gasteiger partial charge in [0.2, 0.25) is 5.91 Å². The molecule has 3 N–H and O–H groups in total. The molecular weight excluding hydrogens is 294 g/mol. The molecule has 1 fully saturated rings. The number of carbonyl (C=O) groups is 2. The second kappa shape index (κ2) is 7.00. The van der Waals surface area contributed by atoms with Crippen LogP contribution in [0.5, 0.6) is 0 Å². The van der Waals surface area contributed by atoms with E-state index >= 15 is 0 Å². The highest BCUT2D eigenvalue weighted by Gasteiger charge is 2.39. The van der Waals surface area contributed by atoms with Crippen molar-refractivity contribution in [2.24, 2.45) is 0 Å². The lowest BCUT2D eigenvalue weighted by Gasteiger charge is -2.24. The molecule has 0 aliphatic carbocycles. The first-order chi connectivity index (χ1) is 10.8. The van der Waals surface area contributed by atoms with Crippen molar-refractivity contribution in [3.8, 4) is 0 Å². The fraction of sp³-hybridized carbons (Fsp3) is 0.529. The van der Waals surface area contributed by atoms with Crippen molar-refractivity contribution < 1.29 is 14.3 Å². The highest BCUT2D eigenvalue weighted by molar-refractivity contribution is 5.82. The first-order valence-electron chi connectivity index (χ1n) is 7.82. The van der Waals surface area contributed by atoms with E-state index in [1.807, 2.05) is 51.1 Å². The van der Waals surface area contributed by atoms with E-state index in [1.54, 1.807) is 7.05 Å². The van der Waals surface area contributed by atoms with Gasteiger partial charge in [-0.1, -0.05) is 30.3 Å². The predicted molar refractivity (Wildman–Crippen MR) is 87.9 cm³/mol. The van der Waals surface area contributed by atoms with Gasteiger partial charge in [-0.25, -0.2) is 4.79 Å². The monoisotopic (exact) mass is 319 g/mol. The third kappa shape index (κ3) is 4.69. The first kappa shape index (κ1) is 17.3. The number of hydrogen-bond donors (Lipinski definition) is 3. The van der Waals surface area contributed by atoms with Crippen LogP contribution in [0.3, 0.4) is 0 Å². The number of amides is 2. The zero-order valence-electron chi connectivity index (χ0n) is 14.1. The summed E-state index contributed by atoms with van der Waals surface area (Å²) >= 11 is 0. The second-order valence-electron chi connectivity index (χ2n) is 6.71. The van der Waals surface area contributed by atoms with Crippen LogP contribution in [-0.4, -0.2) is 36.7 Å². The molecule has 23 heavy (non-hydrogen) atoms. The lowest BCUT2D eigenvalue weighted by Crippen LogP contribution is -2.41. The van der Waals surface area contributed by atoms with E-state index in [-0.39, 0.29) is 24.0 Å². The summed E-state index contributed by atoms with van der Waals surface area (Å²) < 4.78 is 5.33. The Morgan fingerprint density at radius 2 is 1.87 bits per heavy atom. The SMILES string of the molecule is CNC(=O)[C@@H]1C[C@@H](NC(=O)OC(C)(C)C)[C@H](c2ccccc2)N1. The molecule has 1 aliphatic rings. The van der Waals surface area contributed by atoms with Crippen LogP contribution in [0.4, 0.5) is 4.79 Å². The predicted octanol–water partition coefficient (Wildman–Crippen LogP) is 1.73. The molecule has 1 aromatic carbocycles. The molecule has 0 radical (unpaired) electrons. The Labute approximate surface area is 137 Å². The largest absolute Gasteiger partial charge is 0.444 e. The van der Waals surface area contributed by atoms with Crippen molar-refractivity contribution in [2.75, 3.05) is 7.05 Å². The van der Waals surface area contributed by atoms with E-state index < -0.39 is 11.7 Å². The molecule has 1 aliphatic heterocycles. The third-order valence-corrected chi connectivity index (χ3v) is 3.70. The average Bonchev–Trinajstić information content (AvgIpc) is 2.89. The standard InChI is InChI=1S/C17H25N3O3/c1-17(2,3)23-16(22)20-12-10-13(15(21)18-4)19-14(12)11-8-6-5-7-9-11/h5-9,12-14,19H,10H2,1-4H3,(H,18,21)(H,20,22)/t12-,13+,14+/m1/s1. The number of hydrogen-bond acceptors (Lipinski definition) is 4. The van der Waals surface area contributed by atoms with Gasteiger partial charge in [0.25, 0.3) is 0 Å². The quantitative estimate of drug-likeness (QED) is 0.793. The summed E-state index contributed by atoms with van der Waals surface area (Å²) in [6.45, 7) is 5.46. The van der Waals surface area contributed by atoms with E-state index in [1.165, 1.54) is 0 Å². The van der Waals surface area contributed by atoms with Gasteiger partial charge in [-0.2, -0.15) is 0 Å². The van der Waals surface area contributed by atoms with Gasteiger partial charge in [0.05, 0.1) is 18.1 Å². The molecule has 6 nitrogen and oxygen atoms in total. The van der Waals surface area contributed by atoms with Gasteiger partial charge >= 0.3 is 6.09 Å². The fourth-order valence-electron chi connectivity index (χ4n) is 2.74. The van der Waals surface area contributed by atoms with Crippen molar-refractivity contribution in [3.63, 3.8) is 0 Å². The van der Waals surface area contributed by atoms with Crippen molar-refractivity contribution in [2.45, 2.75) is 50.9 Å². The number of ether oxygens (including phenoxy) is 1.